The van der Waals surface area contributed by atoms with Crippen LogP contribution in [0.2, 0.25) is 0 Å². The zero-order valence-corrected chi connectivity index (χ0v) is 20.5. The summed E-state index contributed by atoms with van der Waals surface area (Å²) in [6.07, 6.45) is 1.09. The number of amides is 3. The molecule has 0 aromatic heterocycles. The highest BCUT2D eigenvalue weighted by atomic mass is 19.4. The number of halogens is 5. The van der Waals surface area contributed by atoms with Crippen LogP contribution in [0.5, 0.6) is 0 Å². The van der Waals surface area contributed by atoms with Crippen LogP contribution in [0.3, 0.4) is 0 Å². The normalized spacial score (nSPS) is 23.8. The third-order valence-electron chi connectivity index (χ3n) is 7.51. The summed E-state index contributed by atoms with van der Waals surface area (Å²) in [5.41, 5.74) is -2.00. The van der Waals surface area contributed by atoms with E-state index in [1.165, 1.54) is 9.80 Å². The first-order valence-corrected chi connectivity index (χ1v) is 12.7. The minimum atomic E-state index is -4.53. The molecule has 1 saturated carbocycles. The van der Waals surface area contributed by atoms with Gasteiger partial charge in [-0.25, -0.2) is 13.6 Å². The fourth-order valence-electron chi connectivity index (χ4n) is 5.72. The van der Waals surface area contributed by atoms with E-state index in [1.807, 2.05) is 0 Å². The number of hydrogen-bond acceptors (Lipinski definition) is 3. The van der Waals surface area contributed by atoms with Crippen molar-refractivity contribution in [2.75, 3.05) is 18.0 Å². The lowest BCUT2D eigenvalue weighted by Gasteiger charge is -2.44. The second-order valence-corrected chi connectivity index (χ2v) is 10.1. The van der Waals surface area contributed by atoms with Crippen molar-refractivity contribution >= 4 is 23.5 Å². The van der Waals surface area contributed by atoms with Gasteiger partial charge in [0.1, 0.15) is 23.0 Å². The summed E-state index contributed by atoms with van der Waals surface area (Å²) >= 11 is 0. The first kappa shape index (κ1) is 26.1. The average molecular weight is 535 g/mol. The molecule has 5 rings (SSSR count). The topological polar surface area (TPSA) is 65.0 Å². The van der Waals surface area contributed by atoms with Crippen molar-refractivity contribution in [3.63, 3.8) is 0 Å². The zero-order valence-electron chi connectivity index (χ0n) is 20.5. The number of carbonyl (C=O) groups is 2. The third-order valence-corrected chi connectivity index (χ3v) is 7.51. The first-order chi connectivity index (χ1) is 18.1. The predicted octanol–water partition coefficient (Wildman–Crippen LogP) is 5.92. The van der Waals surface area contributed by atoms with Gasteiger partial charge < -0.3 is 4.90 Å². The highest BCUT2D eigenvalue weighted by molar-refractivity contribution is 6.19. The van der Waals surface area contributed by atoms with E-state index in [2.05, 4.69) is 5.32 Å². The molecular weight excluding hydrogens is 507 g/mol. The number of piperidine rings is 1. The highest BCUT2D eigenvalue weighted by Gasteiger charge is 2.54. The van der Waals surface area contributed by atoms with E-state index in [0.29, 0.717) is 31.3 Å². The molecule has 1 spiro atoms. The summed E-state index contributed by atoms with van der Waals surface area (Å²) in [7, 11) is 0. The molecule has 1 atom stereocenters. The molecule has 3 aliphatic rings. The number of amidine groups is 1. The van der Waals surface area contributed by atoms with Gasteiger partial charge in [0.15, 0.2) is 0 Å². The van der Waals surface area contributed by atoms with Crippen LogP contribution in [-0.4, -0.2) is 47.3 Å². The van der Waals surface area contributed by atoms with Gasteiger partial charge in [-0.3, -0.25) is 20.0 Å². The van der Waals surface area contributed by atoms with E-state index in [4.69, 9.17) is 4.99 Å². The molecule has 3 fully saturated rings. The molecule has 11 heteroatoms. The van der Waals surface area contributed by atoms with Crippen LogP contribution in [0, 0.1) is 11.6 Å². The molecule has 38 heavy (non-hydrogen) atoms. The molecule has 2 aliphatic heterocycles. The number of hydrogen-bond donors (Lipinski definition) is 1. The van der Waals surface area contributed by atoms with Crippen molar-refractivity contribution < 1.29 is 31.5 Å². The number of aliphatic imine (C=N–C) groups is 1. The van der Waals surface area contributed by atoms with Crippen molar-refractivity contribution in [2.24, 2.45) is 4.99 Å². The monoisotopic (exact) mass is 534 g/mol. The Morgan fingerprint density at radius 2 is 1.63 bits per heavy atom. The van der Waals surface area contributed by atoms with Crippen LogP contribution in [0.1, 0.15) is 60.9 Å². The number of anilines is 1. The Labute approximate surface area is 216 Å². The van der Waals surface area contributed by atoms with Crippen molar-refractivity contribution in [1.82, 2.24) is 10.2 Å². The average Bonchev–Trinajstić information content (AvgIpc) is 3.12. The Bertz CT molecular complexity index is 1240. The van der Waals surface area contributed by atoms with Crippen molar-refractivity contribution in [3.05, 3.63) is 65.2 Å². The van der Waals surface area contributed by atoms with Gasteiger partial charge in [0.25, 0.3) is 5.91 Å². The van der Waals surface area contributed by atoms with E-state index >= 15 is 0 Å². The van der Waals surface area contributed by atoms with Crippen LogP contribution < -0.4 is 10.2 Å². The number of nitrogens with zero attached hydrogens (tertiary/aromatic N) is 3. The first-order valence-electron chi connectivity index (χ1n) is 12.7. The molecule has 2 heterocycles. The van der Waals surface area contributed by atoms with Crippen LogP contribution in [0.15, 0.2) is 47.5 Å². The predicted molar refractivity (Wildman–Crippen MR) is 131 cm³/mol. The maximum atomic E-state index is 14.2. The van der Waals surface area contributed by atoms with E-state index in [0.717, 1.165) is 68.5 Å². The highest BCUT2D eigenvalue weighted by Crippen LogP contribution is 2.39. The van der Waals surface area contributed by atoms with Gasteiger partial charge in [-0.05, 0) is 62.1 Å². The minimum absolute atomic E-state index is 0.00215. The lowest BCUT2D eigenvalue weighted by atomic mass is 9.85. The number of rotatable bonds is 3. The summed E-state index contributed by atoms with van der Waals surface area (Å²) < 4.78 is 67.4. The Kier molecular flexibility index (Phi) is 6.87. The molecule has 1 N–H and O–H groups in total. The lowest BCUT2D eigenvalue weighted by Crippen LogP contribution is -2.61. The van der Waals surface area contributed by atoms with Gasteiger partial charge >= 0.3 is 12.2 Å². The van der Waals surface area contributed by atoms with E-state index in [9.17, 15) is 31.5 Å². The Balaban J connectivity index is 1.52. The molecular formula is C27H27F5N4O2. The number of benzene rings is 2. The minimum Gasteiger partial charge on any atom is -0.336 e. The molecule has 3 amide bonds. The van der Waals surface area contributed by atoms with E-state index in [-0.39, 0.29) is 23.8 Å². The second kappa shape index (κ2) is 9.99. The van der Waals surface area contributed by atoms with Crippen LogP contribution in [0.25, 0.3) is 0 Å². The Morgan fingerprint density at radius 3 is 2.26 bits per heavy atom. The number of carbonyl (C=O) groups excluding carboxylic acids is 2. The summed E-state index contributed by atoms with van der Waals surface area (Å²) in [6.45, 7) is 0.271. The molecule has 1 unspecified atom stereocenters. The second-order valence-electron chi connectivity index (χ2n) is 10.1. The van der Waals surface area contributed by atoms with Gasteiger partial charge in [0.05, 0.1) is 23.8 Å². The van der Waals surface area contributed by atoms with Crippen LogP contribution in [-0.2, 0) is 6.18 Å². The maximum Gasteiger partial charge on any atom is 0.416 e. The van der Waals surface area contributed by atoms with Crippen LogP contribution in [0.4, 0.5) is 32.4 Å². The molecule has 6 nitrogen and oxygen atoms in total. The standard InChI is InChI=1S/C27H27F5N4O2/c28-19-13-20(29)15-22(14-19)36-25(38)34-24(33-21-5-2-1-3-6-21)26(36)11-4-12-35(16-26)23(37)17-7-9-18(10-8-17)27(30,31)32/h7-10,13-15,21H,1-6,11-12,16H2,(H,33,34,38). The molecule has 0 radical (unpaired) electrons. The quantitative estimate of drug-likeness (QED) is 0.497. The fourth-order valence-corrected chi connectivity index (χ4v) is 5.72. The van der Waals surface area contributed by atoms with Gasteiger partial charge in [-0.2, -0.15) is 13.2 Å². The smallest absolute Gasteiger partial charge is 0.336 e. The molecule has 202 valence electrons. The lowest BCUT2D eigenvalue weighted by molar-refractivity contribution is -0.137. The number of nitrogens with one attached hydrogen (secondary N) is 1. The summed E-state index contributed by atoms with van der Waals surface area (Å²) in [5, 5.41) is 2.80. The van der Waals surface area contributed by atoms with Gasteiger partial charge in [0.2, 0.25) is 0 Å². The number of urea groups is 1. The van der Waals surface area contributed by atoms with Gasteiger partial charge in [-0.15, -0.1) is 0 Å². The molecule has 1 aliphatic carbocycles. The number of likely N-dealkylation sites (tertiary alicyclic amines) is 1. The van der Waals surface area contributed by atoms with Crippen molar-refractivity contribution in [1.29, 1.82) is 0 Å². The summed E-state index contributed by atoms with van der Waals surface area (Å²) in [4.78, 5) is 34.3. The molecule has 2 aromatic carbocycles. The number of alkyl halides is 3. The molecule has 0 bridgehead atoms. The third kappa shape index (κ3) is 4.98. The van der Waals surface area contributed by atoms with E-state index < -0.39 is 40.9 Å². The maximum absolute atomic E-state index is 14.2. The zero-order chi connectivity index (χ0) is 27.1. The van der Waals surface area contributed by atoms with Gasteiger partial charge in [-0.1, -0.05) is 19.3 Å². The molecule has 2 saturated heterocycles. The van der Waals surface area contributed by atoms with Crippen LogP contribution >= 0.6 is 0 Å². The largest absolute Gasteiger partial charge is 0.416 e. The Morgan fingerprint density at radius 1 is 0.974 bits per heavy atom. The van der Waals surface area contributed by atoms with Crippen molar-refractivity contribution in [2.45, 2.75) is 62.7 Å². The Hall–Kier alpha value is -3.50. The molecule has 2 aromatic rings. The SMILES string of the molecule is O=C(c1ccc(C(F)(F)F)cc1)N1CCCC2(C1)C(=NC1CCCCC1)NC(=O)N2c1cc(F)cc(F)c1. The fraction of sp³-hybridized carbons (Fsp3) is 0.444. The summed E-state index contributed by atoms with van der Waals surface area (Å²) in [6, 6.07) is 6.16. The van der Waals surface area contributed by atoms with Gasteiger partial charge in [0, 0.05) is 18.2 Å². The van der Waals surface area contributed by atoms with Crippen molar-refractivity contribution in [3.8, 4) is 0 Å². The summed E-state index contributed by atoms with van der Waals surface area (Å²) in [5.74, 6) is -1.85. The van der Waals surface area contributed by atoms with E-state index in [1.54, 1.807) is 0 Å².